The molecule has 2 N–H and O–H groups in total. The van der Waals surface area contributed by atoms with E-state index in [4.69, 9.17) is 0 Å². The second kappa shape index (κ2) is 10.2. The molecule has 3 rings (SSSR count). The van der Waals surface area contributed by atoms with Crippen LogP contribution in [-0.2, 0) is 22.6 Å². The number of imidazole rings is 1. The molecule has 1 unspecified atom stereocenters. The van der Waals surface area contributed by atoms with E-state index in [1.54, 1.807) is 6.20 Å². The van der Waals surface area contributed by atoms with Gasteiger partial charge in [0.1, 0.15) is 5.82 Å². The number of benzene rings is 2. The van der Waals surface area contributed by atoms with Crippen LogP contribution in [0.5, 0.6) is 0 Å². The molecular weight excluding hydrogens is 364 g/mol. The molecule has 0 radical (unpaired) electrons. The number of amides is 2. The van der Waals surface area contributed by atoms with Crippen molar-refractivity contribution in [1.82, 2.24) is 20.2 Å². The normalized spacial score (nSPS) is 11.6. The lowest BCUT2D eigenvalue weighted by atomic mass is 10.0. The van der Waals surface area contributed by atoms with Gasteiger partial charge in [0.2, 0.25) is 11.8 Å². The van der Waals surface area contributed by atoms with Crippen LogP contribution in [0, 0.1) is 0 Å². The minimum Gasteiger partial charge on any atom is -0.356 e. The molecule has 0 bridgehead atoms. The zero-order valence-corrected chi connectivity index (χ0v) is 16.5. The van der Waals surface area contributed by atoms with Crippen molar-refractivity contribution >= 4 is 11.8 Å². The summed E-state index contributed by atoms with van der Waals surface area (Å²) < 4.78 is 2.09. The maximum atomic E-state index is 12.4. The third-order valence-electron chi connectivity index (χ3n) is 4.64. The molecule has 3 aromatic rings. The number of aromatic nitrogens is 2. The van der Waals surface area contributed by atoms with Crippen LogP contribution in [0.4, 0.5) is 0 Å². The fourth-order valence-electron chi connectivity index (χ4n) is 3.25. The number of hydrogen-bond donors (Lipinski definition) is 2. The SMILES string of the molecule is CC(=O)NC(CC(=O)NCCc1nccn1Cc1ccccc1)c1ccccc1. The number of carbonyl (C=O) groups excluding carboxylic acids is 2. The molecule has 2 aromatic carbocycles. The van der Waals surface area contributed by atoms with Crippen LogP contribution in [0.25, 0.3) is 0 Å². The van der Waals surface area contributed by atoms with Crippen molar-refractivity contribution < 1.29 is 9.59 Å². The minimum atomic E-state index is -0.339. The standard InChI is InChI=1S/C23H26N4O2/c1-18(28)26-21(20-10-6-3-7-11-20)16-23(29)25-13-12-22-24-14-15-27(22)17-19-8-4-2-5-9-19/h2-11,14-15,21H,12-13,16-17H2,1H3,(H,25,29)(H,26,28). The van der Waals surface area contributed by atoms with Gasteiger partial charge in [-0.1, -0.05) is 60.7 Å². The summed E-state index contributed by atoms with van der Waals surface area (Å²) in [5.74, 6) is 0.666. The molecule has 0 aliphatic rings. The van der Waals surface area contributed by atoms with Crippen LogP contribution in [-0.4, -0.2) is 27.9 Å². The molecule has 0 spiro atoms. The van der Waals surface area contributed by atoms with Crippen molar-refractivity contribution in [1.29, 1.82) is 0 Å². The largest absolute Gasteiger partial charge is 0.356 e. The number of rotatable bonds is 9. The van der Waals surface area contributed by atoms with Crippen molar-refractivity contribution in [3.05, 3.63) is 90.0 Å². The molecule has 150 valence electrons. The van der Waals surface area contributed by atoms with Gasteiger partial charge in [-0.2, -0.15) is 0 Å². The van der Waals surface area contributed by atoms with Gasteiger partial charge in [0.05, 0.1) is 12.5 Å². The van der Waals surface area contributed by atoms with E-state index in [2.05, 4.69) is 32.3 Å². The number of hydrogen-bond acceptors (Lipinski definition) is 3. The van der Waals surface area contributed by atoms with Crippen molar-refractivity contribution in [3.8, 4) is 0 Å². The van der Waals surface area contributed by atoms with Crippen molar-refractivity contribution in [3.63, 3.8) is 0 Å². The summed E-state index contributed by atoms with van der Waals surface area (Å²) in [4.78, 5) is 28.3. The molecule has 2 amide bonds. The summed E-state index contributed by atoms with van der Waals surface area (Å²) in [6, 6.07) is 19.4. The van der Waals surface area contributed by atoms with Gasteiger partial charge in [-0.25, -0.2) is 4.98 Å². The average molecular weight is 390 g/mol. The first-order valence-electron chi connectivity index (χ1n) is 9.74. The fourth-order valence-corrected chi connectivity index (χ4v) is 3.25. The van der Waals surface area contributed by atoms with Gasteiger partial charge >= 0.3 is 0 Å². The quantitative estimate of drug-likeness (QED) is 0.590. The molecule has 6 nitrogen and oxygen atoms in total. The lowest BCUT2D eigenvalue weighted by Crippen LogP contribution is -2.33. The van der Waals surface area contributed by atoms with Crippen LogP contribution in [0.3, 0.4) is 0 Å². The predicted octanol–water partition coefficient (Wildman–Crippen LogP) is 2.86. The van der Waals surface area contributed by atoms with Gasteiger partial charge in [-0.15, -0.1) is 0 Å². The molecule has 1 aromatic heterocycles. The molecule has 6 heteroatoms. The smallest absolute Gasteiger partial charge is 0.222 e. The summed E-state index contributed by atoms with van der Waals surface area (Å²) in [7, 11) is 0. The lowest BCUT2D eigenvalue weighted by Gasteiger charge is -2.18. The zero-order valence-electron chi connectivity index (χ0n) is 16.5. The van der Waals surface area contributed by atoms with Crippen molar-refractivity contribution in [2.45, 2.75) is 32.4 Å². The Morgan fingerprint density at radius 2 is 1.72 bits per heavy atom. The van der Waals surface area contributed by atoms with Gasteiger partial charge in [-0.05, 0) is 11.1 Å². The molecule has 1 atom stereocenters. The highest BCUT2D eigenvalue weighted by Crippen LogP contribution is 2.16. The van der Waals surface area contributed by atoms with E-state index in [0.717, 1.165) is 17.9 Å². The first kappa shape index (κ1) is 20.3. The van der Waals surface area contributed by atoms with Gasteiger partial charge in [0.15, 0.2) is 0 Å². The maximum absolute atomic E-state index is 12.4. The monoisotopic (exact) mass is 390 g/mol. The summed E-state index contributed by atoms with van der Waals surface area (Å²) in [6.07, 6.45) is 4.57. The van der Waals surface area contributed by atoms with Gasteiger partial charge in [-0.3, -0.25) is 9.59 Å². The molecule has 0 aliphatic heterocycles. The molecule has 0 saturated heterocycles. The first-order chi connectivity index (χ1) is 14.1. The average Bonchev–Trinajstić information content (AvgIpc) is 3.15. The molecule has 0 aliphatic carbocycles. The Bertz CT molecular complexity index is 922. The summed E-state index contributed by atoms with van der Waals surface area (Å²) in [6.45, 7) is 2.70. The van der Waals surface area contributed by atoms with Gasteiger partial charge in [0.25, 0.3) is 0 Å². The minimum absolute atomic E-state index is 0.103. The van der Waals surface area contributed by atoms with Gasteiger partial charge < -0.3 is 15.2 Å². The Hall–Kier alpha value is -3.41. The Morgan fingerprint density at radius 1 is 1.03 bits per heavy atom. The van der Waals surface area contributed by atoms with Crippen molar-refractivity contribution in [2.75, 3.05) is 6.54 Å². The summed E-state index contributed by atoms with van der Waals surface area (Å²) >= 11 is 0. The second-order valence-corrected chi connectivity index (χ2v) is 6.92. The number of nitrogens with one attached hydrogen (secondary N) is 2. The van der Waals surface area contributed by atoms with Crippen LogP contribution < -0.4 is 10.6 Å². The Morgan fingerprint density at radius 3 is 2.41 bits per heavy atom. The third-order valence-corrected chi connectivity index (χ3v) is 4.64. The highest BCUT2D eigenvalue weighted by atomic mass is 16.2. The van der Waals surface area contributed by atoms with E-state index in [1.165, 1.54) is 12.5 Å². The van der Waals surface area contributed by atoms with Crippen LogP contribution in [0.1, 0.15) is 36.3 Å². The van der Waals surface area contributed by atoms with Crippen LogP contribution in [0.15, 0.2) is 73.1 Å². The molecule has 1 heterocycles. The van der Waals surface area contributed by atoms with E-state index in [-0.39, 0.29) is 24.3 Å². The van der Waals surface area contributed by atoms with Crippen LogP contribution in [0.2, 0.25) is 0 Å². The first-order valence-corrected chi connectivity index (χ1v) is 9.74. The highest BCUT2D eigenvalue weighted by Gasteiger charge is 2.16. The second-order valence-electron chi connectivity index (χ2n) is 6.92. The summed E-state index contributed by atoms with van der Waals surface area (Å²) in [5.41, 5.74) is 2.12. The predicted molar refractivity (Wildman–Crippen MR) is 112 cm³/mol. The Kier molecular flexibility index (Phi) is 7.16. The number of nitrogens with zero attached hydrogens (tertiary/aromatic N) is 2. The third kappa shape index (κ3) is 6.31. The van der Waals surface area contributed by atoms with Crippen molar-refractivity contribution in [2.24, 2.45) is 0 Å². The Labute approximate surface area is 171 Å². The fraction of sp³-hybridized carbons (Fsp3) is 0.261. The lowest BCUT2D eigenvalue weighted by molar-refractivity contribution is -0.122. The van der Waals surface area contributed by atoms with E-state index < -0.39 is 0 Å². The van der Waals surface area contributed by atoms with E-state index >= 15 is 0 Å². The van der Waals surface area contributed by atoms with Gasteiger partial charge in [0, 0.05) is 38.8 Å². The molecule has 29 heavy (non-hydrogen) atoms. The van der Waals surface area contributed by atoms with E-state index in [0.29, 0.717) is 13.0 Å². The van der Waals surface area contributed by atoms with Crippen LogP contribution >= 0.6 is 0 Å². The van der Waals surface area contributed by atoms with E-state index in [9.17, 15) is 9.59 Å². The topological polar surface area (TPSA) is 76.0 Å². The maximum Gasteiger partial charge on any atom is 0.222 e. The van der Waals surface area contributed by atoms with E-state index in [1.807, 2.05) is 54.7 Å². The zero-order chi connectivity index (χ0) is 20.5. The Balaban J connectivity index is 1.52. The molecular formula is C23H26N4O2. The number of carbonyl (C=O) groups is 2. The molecule has 0 fully saturated rings. The summed E-state index contributed by atoms with van der Waals surface area (Å²) in [5, 5.41) is 5.79. The highest BCUT2D eigenvalue weighted by molar-refractivity contribution is 5.79. The molecule has 0 saturated carbocycles.